The molecule has 0 radical (unpaired) electrons. The lowest BCUT2D eigenvalue weighted by Crippen LogP contribution is -2.28. The predicted molar refractivity (Wildman–Crippen MR) is 140 cm³/mol. The zero-order valence-electron chi connectivity index (χ0n) is 21.0. The topological polar surface area (TPSA) is 147 Å². The van der Waals surface area contributed by atoms with Gasteiger partial charge in [0.05, 0.1) is 12.3 Å². The Morgan fingerprint density at radius 1 is 1.18 bits per heavy atom. The van der Waals surface area contributed by atoms with E-state index >= 15 is 0 Å². The minimum atomic E-state index is -1.01. The van der Waals surface area contributed by atoms with E-state index in [1.807, 2.05) is 13.0 Å². The molecule has 1 aliphatic carbocycles. The van der Waals surface area contributed by atoms with Crippen molar-refractivity contribution in [3.05, 3.63) is 64.2 Å². The molecule has 11 nitrogen and oxygen atoms in total. The second-order valence-corrected chi connectivity index (χ2v) is 9.10. The van der Waals surface area contributed by atoms with Crippen LogP contribution < -0.4 is 25.8 Å². The molecule has 1 heterocycles. The Kier molecular flexibility index (Phi) is 8.37. The maximum Gasteiger partial charge on any atom is 0.514 e. The summed E-state index contributed by atoms with van der Waals surface area (Å²) in [5.74, 6) is -1.14. The Morgan fingerprint density at radius 2 is 1.97 bits per heavy atom. The van der Waals surface area contributed by atoms with Crippen LogP contribution in [0.2, 0.25) is 5.02 Å². The van der Waals surface area contributed by atoms with Crippen molar-refractivity contribution in [2.75, 3.05) is 18.9 Å². The highest BCUT2D eigenvalue weighted by atomic mass is 35.5. The van der Waals surface area contributed by atoms with Crippen molar-refractivity contribution in [1.29, 1.82) is 0 Å². The molecule has 1 aromatic heterocycles. The fraction of sp³-hybridized carbons (Fsp3) is 0.308. The highest BCUT2D eigenvalue weighted by Crippen LogP contribution is 2.36. The summed E-state index contributed by atoms with van der Waals surface area (Å²) in [5, 5.41) is 10.5. The van der Waals surface area contributed by atoms with E-state index in [4.69, 9.17) is 31.5 Å². The minimum absolute atomic E-state index is 0.0739. The molecule has 4 N–H and O–H groups in total. The smallest absolute Gasteiger partial charge is 0.464 e. The van der Waals surface area contributed by atoms with Crippen LogP contribution >= 0.6 is 11.6 Å². The number of nitrogen functional groups attached to an aromatic ring is 1. The van der Waals surface area contributed by atoms with Crippen molar-refractivity contribution < 1.29 is 28.6 Å². The molecule has 1 saturated carbocycles. The van der Waals surface area contributed by atoms with E-state index in [1.54, 1.807) is 43.3 Å². The van der Waals surface area contributed by atoms with Crippen molar-refractivity contribution in [1.82, 2.24) is 20.4 Å². The second kappa shape index (κ2) is 11.9. The maximum absolute atomic E-state index is 12.6. The van der Waals surface area contributed by atoms with Gasteiger partial charge in [-0.25, -0.2) is 9.48 Å². The van der Waals surface area contributed by atoms with Gasteiger partial charge in [-0.3, -0.25) is 9.59 Å². The van der Waals surface area contributed by atoms with Crippen LogP contribution in [0.5, 0.6) is 11.6 Å². The van der Waals surface area contributed by atoms with Gasteiger partial charge in [-0.15, -0.1) is 5.10 Å². The van der Waals surface area contributed by atoms with Gasteiger partial charge in [0.25, 0.3) is 17.7 Å². The third-order valence-electron chi connectivity index (χ3n) is 5.62. The molecule has 0 aliphatic heterocycles. The number of hydrogen-bond donors (Lipinski definition) is 3. The van der Waals surface area contributed by atoms with Crippen LogP contribution in [0.25, 0.3) is 5.69 Å². The Labute approximate surface area is 224 Å². The number of benzene rings is 2. The molecule has 0 atom stereocenters. The van der Waals surface area contributed by atoms with Crippen LogP contribution in [0.15, 0.2) is 42.5 Å². The van der Waals surface area contributed by atoms with E-state index in [9.17, 15) is 14.4 Å². The highest BCUT2D eigenvalue weighted by Gasteiger charge is 2.26. The summed E-state index contributed by atoms with van der Waals surface area (Å²) in [7, 11) is 0. The second-order valence-electron chi connectivity index (χ2n) is 8.66. The Hall–Kier alpha value is -4.25. The first kappa shape index (κ1) is 26.8. The number of ether oxygens (including phenoxy) is 3. The average Bonchev–Trinajstić information content (AvgIpc) is 3.65. The monoisotopic (exact) mass is 541 g/mol. The van der Waals surface area contributed by atoms with Crippen molar-refractivity contribution in [3.8, 4) is 17.3 Å². The molecule has 0 spiro atoms. The fourth-order valence-corrected chi connectivity index (χ4v) is 3.72. The van der Waals surface area contributed by atoms with E-state index in [0.29, 0.717) is 16.3 Å². The van der Waals surface area contributed by atoms with Crippen LogP contribution in [-0.2, 0) is 16.1 Å². The van der Waals surface area contributed by atoms with Gasteiger partial charge in [0.2, 0.25) is 5.75 Å². The Bertz CT molecular complexity index is 1350. The molecule has 0 saturated heterocycles. The normalized spacial score (nSPS) is 12.5. The SMILES string of the molecule is CCOC(=O)Oc1c(OCC(=O)NCc2cccc(Cl)c2)nn(-c2cc(C(=O)NC3CC3)ccc2C)c1N. The molecule has 1 aliphatic rings. The first-order valence-corrected chi connectivity index (χ1v) is 12.4. The Balaban J connectivity index is 1.55. The minimum Gasteiger partial charge on any atom is -0.464 e. The first-order valence-electron chi connectivity index (χ1n) is 12.0. The summed E-state index contributed by atoms with van der Waals surface area (Å²) >= 11 is 5.98. The number of carbonyl (C=O) groups is 3. The number of aromatic nitrogens is 2. The predicted octanol–water partition coefficient (Wildman–Crippen LogP) is 3.54. The van der Waals surface area contributed by atoms with E-state index in [2.05, 4.69) is 15.7 Å². The molecular formula is C26H28ClN5O6. The summed E-state index contributed by atoms with van der Waals surface area (Å²) in [6.45, 7) is 3.32. The summed E-state index contributed by atoms with van der Waals surface area (Å²) in [5.41, 5.74) is 8.75. The lowest BCUT2D eigenvalue weighted by Gasteiger charge is -2.10. The molecule has 2 aromatic carbocycles. The first-order chi connectivity index (χ1) is 18.2. The molecule has 0 bridgehead atoms. The summed E-state index contributed by atoms with van der Waals surface area (Å²) in [6, 6.07) is 12.4. The number of nitrogens with one attached hydrogen (secondary N) is 2. The van der Waals surface area contributed by atoms with Gasteiger partial charge in [-0.2, -0.15) is 0 Å². The lowest BCUT2D eigenvalue weighted by atomic mass is 10.1. The largest absolute Gasteiger partial charge is 0.514 e. The number of rotatable bonds is 10. The van der Waals surface area contributed by atoms with Crippen LogP contribution in [0.4, 0.5) is 10.6 Å². The lowest BCUT2D eigenvalue weighted by molar-refractivity contribution is -0.123. The van der Waals surface area contributed by atoms with Crippen molar-refractivity contribution in [3.63, 3.8) is 0 Å². The zero-order chi connectivity index (χ0) is 27.2. The molecular weight excluding hydrogens is 514 g/mol. The van der Waals surface area contributed by atoms with Gasteiger partial charge in [0.1, 0.15) is 0 Å². The standard InChI is InChI=1S/C26H28ClN5O6/c1-3-36-26(35)38-22-23(28)32(20-12-17(8-7-15(20)2)24(34)30-19-9-10-19)31-25(22)37-14-21(33)29-13-16-5-4-6-18(27)11-16/h4-8,11-12,19H,3,9-10,13-14,28H2,1-2H3,(H,29,33)(H,30,34). The number of aryl methyl sites for hydroxylation is 1. The molecule has 12 heteroatoms. The van der Waals surface area contributed by atoms with Gasteiger partial charge in [0.15, 0.2) is 12.4 Å². The molecule has 2 amide bonds. The molecule has 38 heavy (non-hydrogen) atoms. The Morgan fingerprint density at radius 3 is 2.68 bits per heavy atom. The quantitative estimate of drug-likeness (QED) is 0.330. The van der Waals surface area contributed by atoms with Crippen LogP contribution in [0, 0.1) is 6.92 Å². The third-order valence-corrected chi connectivity index (χ3v) is 5.86. The highest BCUT2D eigenvalue weighted by molar-refractivity contribution is 6.30. The number of anilines is 1. The number of carbonyl (C=O) groups excluding carboxylic acids is 3. The van der Waals surface area contributed by atoms with Crippen LogP contribution in [-0.4, -0.2) is 47.0 Å². The van der Waals surface area contributed by atoms with Crippen molar-refractivity contribution in [2.24, 2.45) is 0 Å². The summed E-state index contributed by atoms with van der Waals surface area (Å²) < 4.78 is 17.0. The summed E-state index contributed by atoms with van der Waals surface area (Å²) in [4.78, 5) is 37.1. The molecule has 200 valence electrons. The number of hydrogen-bond acceptors (Lipinski definition) is 8. The van der Waals surface area contributed by atoms with E-state index in [0.717, 1.165) is 24.0 Å². The number of nitrogens with two attached hydrogens (primary N) is 1. The average molecular weight is 542 g/mol. The van der Waals surface area contributed by atoms with Crippen molar-refractivity contribution in [2.45, 2.75) is 39.3 Å². The van der Waals surface area contributed by atoms with Gasteiger partial charge in [-0.1, -0.05) is 29.8 Å². The molecule has 3 aromatic rings. The van der Waals surface area contributed by atoms with Crippen LogP contribution in [0.3, 0.4) is 0 Å². The maximum atomic E-state index is 12.6. The third kappa shape index (κ3) is 6.74. The fourth-order valence-electron chi connectivity index (χ4n) is 3.51. The number of halogens is 1. The number of nitrogens with zero attached hydrogens (tertiary/aromatic N) is 2. The van der Waals surface area contributed by atoms with E-state index in [-0.39, 0.29) is 42.5 Å². The van der Waals surface area contributed by atoms with E-state index < -0.39 is 18.7 Å². The summed E-state index contributed by atoms with van der Waals surface area (Å²) in [6.07, 6.45) is 0.903. The van der Waals surface area contributed by atoms with Crippen molar-refractivity contribution >= 4 is 35.4 Å². The van der Waals surface area contributed by atoms with Gasteiger partial charge in [0, 0.05) is 23.2 Å². The molecule has 4 rings (SSSR count). The van der Waals surface area contributed by atoms with Gasteiger partial charge >= 0.3 is 6.16 Å². The van der Waals surface area contributed by atoms with Crippen LogP contribution in [0.1, 0.15) is 41.3 Å². The molecule has 0 unspecified atom stereocenters. The zero-order valence-corrected chi connectivity index (χ0v) is 21.7. The van der Waals surface area contributed by atoms with Gasteiger partial charge < -0.3 is 30.6 Å². The van der Waals surface area contributed by atoms with E-state index in [1.165, 1.54) is 4.68 Å². The van der Waals surface area contributed by atoms with Gasteiger partial charge in [-0.05, 0) is 62.1 Å². The molecule has 1 fully saturated rings. The number of amides is 2.